The number of benzene rings is 1. The van der Waals surface area contributed by atoms with Crippen molar-refractivity contribution in [3.8, 4) is 11.6 Å². The van der Waals surface area contributed by atoms with Gasteiger partial charge < -0.3 is 10.5 Å². The van der Waals surface area contributed by atoms with Gasteiger partial charge in [-0.1, -0.05) is 15.9 Å². The van der Waals surface area contributed by atoms with Crippen LogP contribution >= 0.6 is 15.9 Å². The van der Waals surface area contributed by atoms with Crippen molar-refractivity contribution in [2.45, 2.75) is 6.92 Å². The van der Waals surface area contributed by atoms with Crippen LogP contribution in [0.3, 0.4) is 0 Å². The highest BCUT2D eigenvalue weighted by Gasteiger charge is 2.12. The minimum absolute atomic E-state index is 0.367. The zero-order valence-corrected chi connectivity index (χ0v) is 11.0. The Morgan fingerprint density at radius 2 is 2.12 bits per heavy atom. The molecule has 0 fully saturated rings. The molecule has 0 bridgehead atoms. The molecule has 0 saturated carbocycles. The van der Waals surface area contributed by atoms with Gasteiger partial charge in [-0.05, 0) is 19.1 Å². The molecular weight excluding hydrogens is 289 g/mol. The molecule has 0 aliphatic heterocycles. The number of nitrogens with two attached hydrogens (primary N) is 1. The van der Waals surface area contributed by atoms with Crippen LogP contribution in [0.2, 0.25) is 0 Å². The van der Waals surface area contributed by atoms with Crippen molar-refractivity contribution >= 4 is 21.6 Å². The molecule has 17 heavy (non-hydrogen) atoms. The Bertz CT molecular complexity index is 548. The van der Waals surface area contributed by atoms with E-state index in [1.807, 2.05) is 0 Å². The number of aryl methyl sites for hydroxylation is 2. The van der Waals surface area contributed by atoms with Crippen molar-refractivity contribution in [3.63, 3.8) is 0 Å². The van der Waals surface area contributed by atoms with Gasteiger partial charge in [-0.15, -0.1) is 0 Å². The summed E-state index contributed by atoms with van der Waals surface area (Å²) >= 11 is 3.19. The van der Waals surface area contributed by atoms with Crippen molar-refractivity contribution < 1.29 is 9.13 Å². The molecule has 1 aromatic carbocycles. The highest BCUT2D eigenvalue weighted by molar-refractivity contribution is 9.10. The minimum Gasteiger partial charge on any atom is -0.437 e. The van der Waals surface area contributed by atoms with Gasteiger partial charge in [0.2, 0.25) is 5.88 Å². The van der Waals surface area contributed by atoms with Gasteiger partial charge in [0.15, 0.2) is 0 Å². The van der Waals surface area contributed by atoms with Gasteiger partial charge in [-0.3, -0.25) is 0 Å². The second-order valence-electron chi connectivity index (χ2n) is 3.64. The van der Waals surface area contributed by atoms with Gasteiger partial charge in [0.05, 0.1) is 5.69 Å². The fourth-order valence-electron chi connectivity index (χ4n) is 1.47. The standard InChI is InChI=1S/C11H11BrFN3O/c1-6-10(14)11(16(2)15-6)17-9-4-7(12)3-8(13)5-9/h3-5H,14H2,1-2H3. The van der Waals surface area contributed by atoms with Crippen LogP contribution in [0.25, 0.3) is 0 Å². The van der Waals surface area contributed by atoms with Crippen molar-refractivity contribution in [3.05, 3.63) is 34.2 Å². The Labute approximate surface area is 106 Å². The second kappa shape index (κ2) is 4.37. The summed E-state index contributed by atoms with van der Waals surface area (Å²) < 4.78 is 20.8. The molecule has 0 saturated heterocycles. The maximum Gasteiger partial charge on any atom is 0.241 e. The lowest BCUT2D eigenvalue weighted by molar-refractivity contribution is 0.429. The van der Waals surface area contributed by atoms with Crippen molar-refractivity contribution in [1.29, 1.82) is 0 Å². The van der Waals surface area contributed by atoms with E-state index >= 15 is 0 Å². The van der Waals surface area contributed by atoms with Crippen LogP contribution in [0.15, 0.2) is 22.7 Å². The minimum atomic E-state index is -0.383. The largest absolute Gasteiger partial charge is 0.437 e. The van der Waals surface area contributed by atoms with Crippen LogP contribution < -0.4 is 10.5 Å². The maximum absolute atomic E-state index is 13.2. The third-order valence-electron chi connectivity index (χ3n) is 2.26. The van der Waals surface area contributed by atoms with Gasteiger partial charge in [0.1, 0.15) is 17.3 Å². The Kier molecular flexibility index (Phi) is 3.06. The molecule has 6 heteroatoms. The van der Waals surface area contributed by atoms with Crippen LogP contribution in [0.4, 0.5) is 10.1 Å². The molecule has 0 atom stereocenters. The van der Waals surface area contributed by atoms with Gasteiger partial charge >= 0.3 is 0 Å². The van der Waals surface area contributed by atoms with Crippen LogP contribution in [0.5, 0.6) is 11.6 Å². The van der Waals surface area contributed by atoms with Crippen LogP contribution in [0, 0.1) is 12.7 Å². The van der Waals surface area contributed by atoms with E-state index in [9.17, 15) is 4.39 Å². The van der Waals surface area contributed by atoms with Crippen molar-refractivity contribution in [1.82, 2.24) is 9.78 Å². The number of nitrogens with zero attached hydrogens (tertiary/aromatic N) is 2. The molecule has 1 heterocycles. The first kappa shape index (κ1) is 11.9. The second-order valence-corrected chi connectivity index (χ2v) is 4.55. The van der Waals surface area contributed by atoms with E-state index in [0.717, 1.165) is 0 Å². The molecule has 2 rings (SSSR count). The fourth-order valence-corrected chi connectivity index (χ4v) is 1.92. The number of ether oxygens (including phenoxy) is 1. The Morgan fingerprint density at radius 1 is 1.41 bits per heavy atom. The summed E-state index contributed by atoms with van der Waals surface area (Å²) in [5, 5.41) is 4.11. The summed E-state index contributed by atoms with van der Waals surface area (Å²) in [6.45, 7) is 1.78. The summed E-state index contributed by atoms with van der Waals surface area (Å²) in [5.74, 6) is 0.387. The summed E-state index contributed by atoms with van der Waals surface area (Å²) in [4.78, 5) is 0. The first-order valence-corrected chi connectivity index (χ1v) is 5.69. The molecule has 90 valence electrons. The van der Waals surface area contributed by atoms with E-state index in [4.69, 9.17) is 10.5 Å². The monoisotopic (exact) mass is 299 g/mol. The van der Waals surface area contributed by atoms with Gasteiger partial charge in [-0.2, -0.15) is 5.10 Å². The number of aromatic nitrogens is 2. The van der Waals surface area contributed by atoms with E-state index in [0.29, 0.717) is 27.5 Å². The summed E-state index contributed by atoms with van der Waals surface area (Å²) in [6, 6.07) is 4.29. The predicted octanol–water partition coefficient (Wildman–Crippen LogP) is 3.00. The van der Waals surface area contributed by atoms with Crippen molar-refractivity contribution in [2.24, 2.45) is 7.05 Å². The van der Waals surface area contributed by atoms with Gasteiger partial charge in [0, 0.05) is 17.6 Å². The molecule has 0 aliphatic rings. The third-order valence-corrected chi connectivity index (χ3v) is 2.72. The number of anilines is 1. The van der Waals surface area contributed by atoms with E-state index in [1.54, 1.807) is 20.0 Å². The van der Waals surface area contributed by atoms with E-state index in [-0.39, 0.29) is 5.82 Å². The topological polar surface area (TPSA) is 53.1 Å². The summed E-state index contributed by atoms with van der Waals surface area (Å²) in [5.41, 5.74) is 6.94. The molecular formula is C11H11BrFN3O. The number of hydrogen-bond donors (Lipinski definition) is 1. The fraction of sp³-hybridized carbons (Fsp3) is 0.182. The van der Waals surface area contributed by atoms with Crippen LogP contribution in [-0.2, 0) is 7.05 Å². The Morgan fingerprint density at radius 3 is 2.65 bits per heavy atom. The highest BCUT2D eigenvalue weighted by atomic mass is 79.9. The van der Waals surface area contributed by atoms with E-state index < -0.39 is 0 Å². The van der Waals surface area contributed by atoms with E-state index in [2.05, 4.69) is 21.0 Å². The molecule has 2 N–H and O–H groups in total. The first-order chi connectivity index (χ1) is 7.97. The van der Waals surface area contributed by atoms with Gasteiger partial charge in [-0.25, -0.2) is 9.07 Å². The quantitative estimate of drug-likeness (QED) is 0.927. The predicted molar refractivity (Wildman–Crippen MR) is 66.5 cm³/mol. The smallest absolute Gasteiger partial charge is 0.241 e. The van der Waals surface area contributed by atoms with Crippen LogP contribution in [0.1, 0.15) is 5.69 Å². The number of nitrogen functional groups attached to an aromatic ring is 1. The Balaban J connectivity index is 2.37. The van der Waals surface area contributed by atoms with E-state index in [1.165, 1.54) is 16.8 Å². The first-order valence-electron chi connectivity index (χ1n) is 4.90. The lowest BCUT2D eigenvalue weighted by atomic mass is 10.3. The average molecular weight is 300 g/mol. The molecule has 0 unspecified atom stereocenters. The average Bonchev–Trinajstić information content (AvgIpc) is 2.44. The zero-order chi connectivity index (χ0) is 12.6. The van der Waals surface area contributed by atoms with Crippen molar-refractivity contribution in [2.75, 3.05) is 5.73 Å². The molecule has 2 aromatic rings. The zero-order valence-electron chi connectivity index (χ0n) is 9.37. The molecule has 0 radical (unpaired) electrons. The Hall–Kier alpha value is -1.56. The highest BCUT2D eigenvalue weighted by Crippen LogP contribution is 2.30. The lowest BCUT2D eigenvalue weighted by Crippen LogP contribution is -1.97. The van der Waals surface area contributed by atoms with Gasteiger partial charge in [0.25, 0.3) is 0 Å². The number of hydrogen-bond acceptors (Lipinski definition) is 3. The molecule has 4 nitrogen and oxygen atoms in total. The number of halogens is 2. The number of rotatable bonds is 2. The third kappa shape index (κ3) is 2.41. The normalized spacial score (nSPS) is 10.6. The molecule has 1 aromatic heterocycles. The summed E-state index contributed by atoms with van der Waals surface area (Å²) in [6.07, 6.45) is 0. The SMILES string of the molecule is Cc1nn(C)c(Oc2cc(F)cc(Br)c2)c1N. The molecule has 0 amide bonds. The van der Waals surface area contributed by atoms with Crippen LogP contribution in [-0.4, -0.2) is 9.78 Å². The maximum atomic E-state index is 13.2. The molecule has 0 spiro atoms. The summed E-state index contributed by atoms with van der Waals surface area (Å²) in [7, 11) is 1.72. The lowest BCUT2D eigenvalue weighted by Gasteiger charge is -2.07. The molecule has 0 aliphatic carbocycles.